The molecule has 2 rings (SSSR count). The van der Waals surface area contributed by atoms with E-state index in [1.807, 2.05) is 0 Å². The van der Waals surface area contributed by atoms with E-state index in [4.69, 9.17) is 0 Å². The first-order chi connectivity index (χ1) is 7.77. The first-order valence-corrected chi connectivity index (χ1v) is 5.61. The van der Waals surface area contributed by atoms with Crippen LogP contribution in [0.3, 0.4) is 0 Å². The number of likely N-dealkylation sites (N-methyl/N-ethyl adjacent to an activating group) is 1. The Morgan fingerprint density at radius 1 is 1.56 bits per heavy atom. The second kappa shape index (κ2) is 5.07. The summed E-state index contributed by atoms with van der Waals surface area (Å²) in [7, 11) is 1.80. The quantitative estimate of drug-likeness (QED) is 0.778. The van der Waals surface area contributed by atoms with E-state index in [-0.39, 0.29) is 5.91 Å². The van der Waals surface area contributed by atoms with Crippen molar-refractivity contribution in [2.45, 2.75) is 12.8 Å². The third kappa shape index (κ3) is 2.57. The van der Waals surface area contributed by atoms with Crippen molar-refractivity contribution in [3.8, 4) is 0 Å². The number of amides is 1. The fourth-order valence-corrected chi connectivity index (χ4v) is 1.90. The minimum absolute atomic E-state index is 0.0760. The zero-order valence-corrected chi connectivity index (χ0v) is 9.52. The molecular formula is C10H17N5O. The van der Waals surface area contributed by atoms with Crippen LogP contribution in [0, 0.1) is 0 Å². The molecule has 0 aliphatic carbocycles. The third-order valence-corrected chi connectivity index (χ3v) is 2.93. The van der Waals surface area contributed by atoms with Gasteiger partial charge in [-0.25, -0.2) is 0 Å². The van der Waals surface area contributed by atoms with Crippen LogP contribution in [-0.4, -0.2) is 64.3 Å². The maximum absolute atomic E-state index is 11.8. The van der Waals surface area contributed by atoms with E-state index in [1.165, 1.54) is 19.0 Å². The van der Waals surface area contributed by atoms with Gasteiger partial charge in [0.1, 0.15) is 0 Å². The molecule has 1 aromatic rings. The van der Waals surface area contributed by atoms with Crippen LogP contribution in [0.1, 0.15) is 23.3 Å². The van der Waals surface area contributed by atoms with Crippen molar-refractivity contribution in [3.63, 3.8) is 0 Å². The van der Waals surface area contributed by atoms with Crippen LogP contribution in [0.4, 0.5) is 0 Å². The number of H-pyrrole nitrogens is 1. The SMILES string of the molecule is CN(CCN1CCCC1)C(=O)c1cn[nH]n1. The number of likely N-dealkylation sites (tertiary alicyclic amines) is 1. The standard InChI is InChI=1S/C10H17N5O/c1-14(6-7-15-4-2-3-5-15)10(16)9-8-11-13-12-9/h8H,2-7H2,1H3,(H,11,12,13). The van der Waals surface area contributed by atoms with Gasteiger partial charge in [0, 0.05) is 20.1 Å². The second-order valence-corrected chi connectivity index (χ2v) is 4.13. The first kappa shape index (κ1) is 11.1. The molecule has 0 aromatic carbocycles. The van der Waals surface area contributed by atoms with Gasteiger partial charge in [-0.15, -0.1) is 0 Å². The molecule has 88 valence electrons. The average Bonchev–Trinajstić information content (AvgIpc) is 2.96. The molecule has 1 N–H and O–H groups in total. The molecule has 1 amide bonds. The molecule has 0 radical (unpaired) electrons. The lowest BCUT2D eigenvalue weighted by atomic mass is 10.4. The first-order valence-electron chi connectivity index (χ1n) is 5.61. The number of aromatic nitrogens is 3. The van der Waals surface area contributed by atoms with Crippen molar-refractivity contribution in [3.05, 3.63) is 11.9 Å². The molecule has 6 heteroatoms. The van der Waals surface area contributed by atoms with Crippen LogP contribution < -0.4 is 0 Å². The Labute approximate surface area is 94.6 Å². The Morgan fingerprint density at radius 2 is 2.31 bits per heavy atom. The fraction of sp³-hybridized carbons (Fsp3) is 0.700. The summed E-state index contributed by atoms with van der Waals surface area (Å²) < 4.78 is 0. The van der Waals surface area contributed by atoms with Crippen LogP contribution in [0.5, 0.6) is 0 Å². The van der Waals surface area contributed by atoms with Crippen molar-refractivity contribution < 1.29 is 4.79 Å². The predicted octanol–water partition coefficient (Wildman–Crippen LogP) is -0.0275. The molecule has 6 nitrogen and oxygen atoms in total. The highest BCUT2D eigenvalue weighted by molar-refractivity contribution is 5.91. The number of carbonyl (C=O) groups excluding carboxylic acids is 1. The number of hydrogen-bond donors (Lipinski definition) is 1. The van der Waals surface area contributed by atoms with E-state index in [0.717, 1.165) is 26.2 Å². The number of carbonyl (C=O) groups is 1. The van der Waals surface area contributed by atoms with Crippen molar-refractivity contribution in [1.29, 1.82) is 0 Å². The van der Waals surface area contributed by atoms with E-state index in [0.29, 0.717) is 5.69 Å². The number of nitrogens with one attached hydrogen (secondary N) is 1. The highest BCUT2D eigenvalue weighted by Gasteiger charge is 2.16. The Bertz CT molecular complexity index is 331. The van der Waals surface area contributed by atoms with Gasteiger partial charge in [0.15, 0.2) is 5.69 Å². The topological polar surface area (TPSA) is 65.1 Å². The molecule has 0 saturated carbocycles. The molecule has 1 aliphatic rings. The number of nitrogens with zero attached hydrogens (tertiary/aromatic N) is 4. The minimum atomic E-state index is -0.0760. The van der Waals surface area contributed by atoms with Gasteiger partial charge in [-0.2, -0.15) is 15.4 Å². The number of hydrogen-bond acceptors (Lipinski definition) is 4. The smallest absolute Gasteiger partial charge is 0.275 e. The molecule has 1 saturated heterocycles. The molecule has 0 bridgehead atoms. The average molecular weight is 223 g/mol. The molecule has 16 heavy (non-hydrogen) atoms. The molecule has 1 aliphatic heterocycles. The highest BCUT2D eigenvalue weighted by atomic mass is 16.2. The van der Waals surface area contributed by atoms with Gasteiger partial charge in [0.25, 0.3) is 5.91 Å². The van der Waals surface area contributed by atoms with Crippen LogP contribution >= 0.6 is 0 Å². The van der Waals surface area contributed by atoms with Gasteiger partial charge in [-0.05, 0) is 25.9 Å². The van der Waals surface area contributed by atoms with Crippen molar-refractivity contribution in [2.75, 3.05) is 33.2 Å². The van der Waals surface area contributed by atoms with Gasteiger partial charge in [-0.3, -0.25) is 4.79 Å². The largest absolute Gasteiger partial charge is 0.339 e. The van der Waals surface area contributed by atoms with Gasteiger partial charge < -0.3 is 9.80 Å². The van der Waals surface area contributed by atoms with E-state index in [2.05, 4.69) is 20.3 Å². The molecule has 0 atom stereocenters. The van der Waals surface area contributed by atoms with Crippen molar-refractivity contribution in [2.24, 2.45) is 0 Å². The van der Waals surface area contributed by atoms with Gasteiger partial charge in [0.05, 0.1) is 6.20 Å². The zero-order valence-electron chi connectivity index (χ0n) is 9.52. The Morgan fingerprint density at radius 3 is 2.94 bits per heavy atom. The van der Waals surface area contributed by atoms with E-state index >= 15 is 0 Å². The van der Waals surface area contributed by atoms with Gasteiger partial charge in [0.2, 0.25) is 0 Å². The Hall–Kier alpha value is -1.43. The normalized spacial score (nSPS) is 16.6. The molecule has 0 spiro atoms. The van der Waals surface area contributed by atoms with Crippen LogP contribution in [-0.2, 0) is 0 Å². The lowest BCUT2D eigenvalue weighted by Gasteiger charge is -2.20. The maximum atomic E-state index is 11.8. The second-order valence-electron chi connectivity index (χ2n) is 4.13. The molecule has 1 aromatic heterocycles. The summed E-state index contributed by atoms with van der Waals surface area (Å²) in [6.07, 6.45) is 4.01. The van der Waals surface area contributed by atoms with Crippen molar-refractivity contribution >= 4 is 5.91 Å². The lowest BCUT2D eigenvalue weighted by molar-refractivity contribution is 0.0776. The third-order valence-electron chi connectivity index (χ3n) is 2.93. The lowest BCUT2D eigenvalue weighted by Crippen LogP contribution is -2.35. The van der Waals surface area contributed by atoms with E-state index < -0.39 is 0 Å². The minimum Gasteiger partial charge on any atom is -0.339 e. The summed E-state index contributed by atoms with van der Waals surface area (Å²) in [4.78, 5) is 15.9. The Kier molecular flexibility index (Phi) is 3.51. The Balaban J connectivity index is 1.78. The summed E-state index contributed by atoms with van der Waals surface area (Å²) in [5.41, 5.74) is 0.379. The molecule has 2 heterocycles. The van der Waals surface area contributed by atoms with E-state index in [9.17, 15) is 4.79 Å². The molecular weight excluding hydrogens is 206 g/mol. The van der Waals surface area contributed by atoms with E-state index in [1.54, 1.807) is 11.9 Å². The monoisotopic (exact) mass is 223 g/mol. The summed E-state index contributed by atoms with van der Waals surface area (Å²) in [6.45, 7) is 4.00. The fourth-order valence-electron chi connectivity index (χ4n) is 1.90. The number of rotatable bonds is 4. The summed E-state index contributed by atoms with van der Waals surface area (Å²) in [5.74, 6) is -0.0760. The van der Waals surface area contributed by atoms with Gasteiger partial charge in [-0.1, -0.05) is 0 Å². The highest BCUT2D eigenvalue weighted by Crippen LogP contribution is 2.06. The summed E-state index contributed by atoms with van der Waals surface area (Å²) >= 11 is 0. The van der Waals surface area contributed by atoms with Crippen LogP contribution in [0.2, 0.25) is 0 Å². The molecule has 1 fully saturated rings. The van der Waals surface area contributed by atoms with Crippen molar-refractivity contribution in [1.82, 2.24) is 25.2 Å². The number of aromatic amines is 1. The maximum Gasteiger partial charge on any atom is 0.275 e. The molecule has 0 unspecified atom stereocenters. The summed E-state index contributed by atoms with van der Waals surface area (Å²) in [6, 6.07) is 0. The van der Waals surface area contributed by atoms with Crippen LogP contribution in [0.15, 0.2) is 6.20 Å². The summed E-state index contributed by atoms with van der Waals surface area (Å²) in [5, 5.41) is 9.85. The van der Waals surface area contributed by atoms with Crippen LogP contribution in [0.25, 0.3) is 0 Å². The zero-order chi connectivity index (χ0) is 11.4. The predicted molar refractivity (Wildman–Crippen MR) is 59.0 cm³/mol. The van der Waals surface area contributed by atoms with Gasteiger partial charge >= 0.3 is 0 Å².